The minimum Gasteiger partial charge on any atom is -0.311 e. The molecule has 0 radical (unpaired) electrons. The van der Waals surface area contributed by atoms with Crippen molar-refractivity contribution in [3.05, 3.63) is 35.6 Å². The van der Waals surface area contributed by atoms with E-state index in [0.29, 0.717) is 17.5 Å². The number of benzene rings is 1. The molecule has 0 aromatic heterocycles. The lowest BCUT2D eigenvalue weighted by molar-refractivity contribution is 0.264. The van der Waals surface area contributed by atoms with E-state index >= 15 is 0 Å². The molecule has 18 heavy (non-hydrogen) atoms. The molecule has 1 aromatic carbocycles. The summed E-state index contributed by atoms with van der Waals surface area (Å²) in [6.07, 6.45) is 4.60. The summed E-state index contributed by atoms with van der Waals surface area (Å²) in [6.45, 7) is 6.81. The molecule has 2 heteroatoms. The Labute approximate surface area is 110 Å². The van der Waals surface area contributed by atoms with E-state index in [1.165, 1.54) is 19.3 Å². The Morgan fingerprint density at radius 1 is 1.39 bits per heavy atom. The maximum Gasteiger partial charge on any atom is 0.126 e. The molecule has 0 aliphatic heterocycles. The van der Waals surface area contributed by atoms with Gasteiger partial charge < -0.3 is 5.32 Å². The van der Waals surface area contributed by atoms with Crippen LogP contribution in [0, 0.1) is 11.2 Å². The van der Waals surface area contributed by atoms with Gasteiger partial charge in [0.1, 0.15) is 5.82 Å². The number of hydrogen-bond acceptors (Lipinski definition) is 1. The van der Waals surface area contributed by atoms with Crippen LogP contribution in [0.4, 0.5) is 4.39 Å². The van der Waals surface area contributed by atoms with Crippen molar-refractivity contribution in [1.29, 1.82) is 0 Å². The van der Waals surface area contributed by atoms with Gasteiger partial charge in [-0.2, -0.15) is 0 Å². The van der Waals surface area contributed by atoms with Crippen LogP contribution in [-0.2, 0) is 6.42 Å². The molecular formula is C16H24FN. The van der Waals surface area contributed by atoms with E-state index < -0.39 is 0 Å². The summed E-state index contributed by atoms with van der Waals surface area (Å²) < 4.78 is 13.6. The predicted molar refractivity (Wildman–Crippen MR) is 74.1 cm³/mol. The van der Waals surface area contributed by atoms with Gasteiger partial charge in [0.05, 0.1) is 0 Å². The summed E-state index contributed by atoms with van der Waals surface area (Å²) in [5.41, 5.74) is 1.19. The molecule has 0 saturated heterocycles. The van der Waals surface area contributed by atoms with E-state index in [0.717, 1.165) is 12.0 Å². The van der Waals surface area contributed by atoms with Crippen molar-refractivity contribution in [2.75, 3.05) is 0 Å². The van der Waals surface area contributed by atoms with E-state index in [1.54, 1.807) is 12.1 Å². The highest BCUT2D eigenvalue weighted by Gasteiger charge is 2.34. The number of rotatable bonds is 4. The van der Waals surface area contributed by atoms with Crippen LogP contribution in [0.5, 0.6) is 0 Å². The van der Waals surface area contributed by atoms with Gasteiger partial charge in [0.2, 0.25) is 0 Å². The van der Waals surface area contributed by atoms with Crippen LogP contribution < -0.4 is 5.32 Å². The van der Waals surface area contributed by atoms with E-state index in [1.807, 2.05) is 12.1 Å². The van der Waals surface area contributed by atoms with Gasteiger partial charge >= 0.3 is 0 Å². The molecule has 0 spiro atoms. The van der Waals surface area contributed by atoms with Gasteiger partial charge in [0, 0.05) is 12.1 Å². The van der Waals surface area contributed by atoms with Gasteiger partial charge in [-0.15, -0.1) is 0 Å². The van der Waals surface area contributed by atoms with Crippen LogP contribution in [0.3, 0.4) is 0 Å². The predicted octanol–water partition coefficient (Wildman–Crippen LogP) is 3.93. The Morgan fingerprint density at radius 2 is 2.11 bits per heavy atom. The van der Waals surface area contributed by atoms with Crippen molar-refractivity contribution in [3.8, 4) is 0 Å². The third kappa shape index (κ3) is 3.11. The Morgan fingerprint density at radius 3 is 2.72 bits per heavy atom. The lowest BCUT2D eigenvalue weighted by Gasteiger charge is -2.31. The summed E-state index contributed by atoms with van der Waals surface area (Å²) in [7, 11) is 0. The fourth-order valence-electron chi connectivity index (χ4n) is 3.03. The number of hydrogen-bond donors (Lipinski definition) is 1. The molecule has 1 N–H and O–H groups in total. The van der Waals surface area contributed by atoms with Crippen LogP contribution in [0.2, 0.25) is 0 Å². The first-order valence-electron chi connectivity index (χ1n) is 6.98. The standard InChI is InChI=1S/C16H24FN/c1-12(11-13-7-4-5-8-14(13)17)18-15-9-6-10-16(15,2)3/h4-5,7-8,12,15,18H,6,9-11H2,1-3H3. The van der Waals surface area contributed by atoms with E-state index in [9.17, 15) is 4.39 Å². The maximum atomic E-state index is 13.6. The fourth-order valence-corrected chi connectivity index (χ4v) is 3.03. The molecular weight excluding hydrogens is 225 g/mol. The first kappa shape index (κ1) is 13.5. The fraction of sp³-hybridized carbons (Fsp3) is 0.625. The molecule has 2 atom stereocenters. The van der Waals surface area contributed by atoms with Crippen LogP contribution in [-0.4, -0.2) is 12.1 Å². The largest absolute Gasteiger partial charge is 0.311 e. The zero-order valence-corrected chi connectivity index (χ0v) is 11.7. The molecule has 1 nitrogen and oxygen atoms in total. The van der Waals surface area contributed by atoms with Crippen molar-refractivity contribution in [3.63, 3.8) is 0 Å². The first-order valence-corrected chi connectivity index (χ1v) is 6.98. The second kappa shape index (κ2) is 5.40. The van der Waals surface area contributed by atoms with Crippen molar-refractivity contribution >= 4 is 0 Å². The lowest BCUT2D eigenvalue weighted by atomic mass is 9.87. The lowest BCUT2D eigenvalue weighted by Crippen LogP contribution is -2.43. The second-order valence-corrected chi connectivity index (χ2v) is 6.30. The van der Waals surface area contributed by atoms with Gasteiger partial charge in [-0.1, -0.05) is 38.5 Å². The molecule has 1 aliphatic rings. The van der Waals surface area contributed by atoms with Gasteiger partial charge in [-0.05, 0) is 43.2 Å². The summed E-state index contributed by atoms with van der Waals surface area (Å²) in [4.78, 5) is 0. The van der Waals surface area contributed by atoms with Crippen molar-refractivity contribution in [2.24, 2.45) is 5.41 Å². The molecule has 0 bridgehead atoms. The van der Waals surface area contributed by atoms with Gasteiger partial charge in [-0.25, -0.2) is 4.39 Å². The quantitative estimate of drug-likeness (QED) is 0.852. The van der Waals surface area contributed by atoms with Gasteiger partial charge in [0.25, 0.3) is 0 Å². The average Bonchev–Trinajstić information content (AvgIpc) is 2.62. The smallest absolute Gasteiger partial charge is 0.126 e. The third-order valence-corrected chi connectivity index (χ3v) is 4.23. The SMILES string of the molecule is CC(Cc1ccccc1F)NC1CCCC1(C)C. The molecule has 1 aromatic rings. The monoisotopic (exact) mass is 249 g/mol. The van der Waals surface area contributed by atoms with E-state index in [2.05, 4.69) is 26.1 Å². The van der Waals surface area contributed by atoms with Gasteiger partial charge in [-0.3, -0.25) is 0 Å². The maximum absolute atomic E-state index is 13.6. The van der Waals surface area contributed by atoms with Crippen molar-refractivity contribution < 1.29 is 4.39 Å². The Hall–Kier alpha value is -0.890. The molecule has 0 heterocycles. The highest BCUT2D eigenvalue weighted by molar-refractivity contribution is 5.18. The normalized spacial score (nSPS) is 24.1. The van der Waals surface area contributed by atoms with Crippen molar-refractivity contribution in [1.82, 2.24) is 5.32 Å². The minimum absolute atomic E-state index is 0.0863. The minimum atomic E-state index is -0.0863. The number of nitrogens with one attached hydrogen (secondary N) is 1. The summed E-state index contributed by atoms with van der Waals surface area (Å²) in [5.74, 6) is -0.0863. The topological polar surface area (TPSA) is 12.0 Å². The zero-order valence-electron chi connectivity index (χ0n) is 11.7. The molecule has 2 unspecified atom stereocenters. The van der Waals surface area contributed by atoms with Crippen LogP contribution >= 0.6 is 0 Å². The second-order valence-electron chi connectivity index (χ2n) is 6.30. The molecule has 1 saturated carbocycles. The zero-order chi connectivity index (χ0) is 13.2. The molecule has 100 valence electrons. The Kier molecular flexibility index (Phi) is 4.06. The molecule has 2 rings (SSSR count). The average molecular weight is 249 g/mol. The molecule has 0 amide bonds. The van der Waals surface area contributed by atoms with Crippen LogP contribution in [0.25, 0.3) is 0 Å². The highest BCUT2D eigenvalue weighted by atomic mass is 19.1. The first-order chi connectivity index (χ1) is 8.49. The van der Waals surface area contributed by atoms with Gasteiger partial charge in [0.15, 0.2) is 0 Å². The Balaban J connectivity index is 1.93. The summed E-state index contributed by atoms with van der Waals surface area (Å²) in [6, 6.07) is 7.97. The summed E-state index contributed by atoms with van der Waals surface area (Å²) >= 11 is 0. The molecule has 1 fully saturated rings. The highest BCUT2D eigenvalue weighted by Crippen LogP contribution is 2.37. The van der Waals surface area contributed by atoms with E-state index in [-0.39, 0.29) is 5.82 Å². The third-order valence-electron chi connectivity index (χ3n) is 4.23. The Bertz CT molecular complexity index is 400. The molecule has 1 aliphatic carbocycles. The number of halogens is 1. The summed E-state index contributed by atoms with van der Waals surface area (Å²) in [5, 5.41) is 3.68. The van der Waals surface area contributed by atoms with Crippen LogP contribution in [0.1, 0.15) is 45.6 Å². The van der Waals surface area contributed by atoms with Crippen molar-refractivity contribution in [2.45, 2.75) is 58.5 Å². The van der Waals surface area contributed by atoms with Crippen LogP contribution in [0.15, 0.2) is 24.3 Å². The van der Waals surface area contributed by atoms with E-state index in [4.69, 9.17) is 0 Å².